The third-order valence-electron chi connectivity index (χ3n) is 5.10. The van der Waals surface area contributed by atoms with Crippen LogP contribution >= 0.6 is 24.0 Å². The van der Waals surface area contributed by atoms with Crippen LogP contribution in [-0.4, -0.2) is 62.9 Å². The molecular weight excluding hydrogens is 507 g/mol. The van der Waals surface area contributed by atoms with E-state index in [1.165, 1.54) is 5.56 Å². The number of benzene rings is 1. The number of rotatable bonds is 7. The highest BCUT2D eigenvalue weighted by atomic mass is 127. The van der Waals surface area contributed by atoms with Gasteiger partial charge in [0, 0.05) is 33.2 Å². The Morgan fingerprint density at radius 2 is 1.87 bits per heavy atom. The molecule has 1 unspecified atom stereocenters. The summed E-state index contributed by atoms with van der Waals surface area (Å²) in [6.45, 7) is 8.90. The fraction of sp³-hybridized carbons (Fsp3) is 0.652. The zero-order valence-corrected chi connectivity index (χ0v) is 21.9. The lowest BCUT2D eigenvalue weighted by atomic mass is 9.95. The molecule has 0 saturated carbocycles. The number of piperidine rings is 1. The van der Waals surface area contributed by atoms with E-state index < -0.39 is 5.60 Å². The van der Waals surface area contributed by atoms with Crippen molar-refractivity contribution in [1.82, 2.24) is 15.5 Å². The molecule has 0 spiro atoms. The second-order valence-corrected chi connectivity index (χ2v) is 8.75. The number of ether oxygens (including phenoxy) is 2. The summed E-state index contributed by atoms with van der Waals surface area (Å²) in [5.41, 5.74) is 0.804. The zero-order chi connectivity index (χ0) is 22.0. The van der Waals surface area contributed by atoms with Crippen molar-refractivity contribution in [2.45, 2.75) is 52.1 Å². The van der Waals surface area contributed by atoms with Gasteiger partial charge in [-0.25, -0.2) is 4.79 Å². The molecule has 1 aliphatic rings. The first-order valence-electron chi connectivity index (χ1n) is 10.9. The molecule has 31 heavy (non-hydrogen) atoms. The Labute approximate surface area is 204 Å². The topological polar surface area (TPSA) is 75.2 Å². The van der Waals surface area contributed by atoms with Crippen molar-refractivity contribution in [1.29, 1.82) is 0 Å². The number of amides is 1. The SMILES string of the molecule is CN=C(NCCc1ccc(OC)cc1)NCCC1CCCN(C(=O)OC(C)(C)C)C1.I. The highest BCUT2D eigenvalue weighted by Crippen LogP contribution is 2.21. The molecule has 1 aromatic rings. The minimum absolute atomic E-state index is 0. The number of nitrogens with one attached hydrogen (secondary N) is 2. The standard InChI is InChI=1S/C23H38N4O3.HI/c1-23(2,3)30-22(28)27-16-6-7-19(17-27)13-15-26-21(24-4)25-14-12-18-8-10-20(29-5)11-9-18;/h8-11,19H,6-7,12-17H2,1-5H3,(H2,24,25,26);1H. The van der Waals surface area contributed by atoms with Crippen molar-refractivity contribution < 1.29 is 14.3 Å². The molecule has 7 nitrogen and oxygen atoms in total. The molecule has 2 N–H and O–H groups in total. The predicted octanol–water partition coefficient (Wildman–Crippen LogP) is 4.06. The third kappa shape index (κ3) is 10.4. The van der Waals surface area contributed by atoms with Crippen LogP contribution in [0.4, 0.5) is 4.79 Å². The summed E-state index contributed by atoms with van der Waals surface area (Å²) in [4.78, 5) is 18.5. The Bertz CT molecular complexity index is 689. The first-order valence-corrected chi connectivity index (χ1v) is 10.9. The number of methoxy groups -OCH3 is 1. The van der Waals surface area contributed by atoms with Crippen LogP contribution in [0.2, 0.25) is 0 Å². The molecule has 1 heterocycles. The second kappa shape index (κ2) is 13.6. The molecule has 0 bridgehead atoms. The lowest BCUT2D eigenvalue weighted by Crippen LogP contribution is -2.44. The molecule has 2 rings (SSSR count). The van der Waals surface area contributed by atoms with Crippen LogP contribution in [0.5, 0.6) is 5.75 Å². The maximum Gasteiger partial charge on any atom is 0.410 e. The molecule has 0 aliphatic carbocycles. The first-order chi connectivity index (χ1) is 14.3. The summed E-state index contributed by atoms with van der Waals surface area (Å²) in [6, 6.07) is 8.12. The van der Waals surface area contributed by atoms with Crippen LogP contribution in [-0.2, 0) is 11.2 Å². The molecule has 8 heteroatoms. The van der Waals surface area contributed by atoms with E-state index in [1.54, 1.807) is 14.2 Å². The number of guanidine groups is 1. The molecular formula is C23H39IN4O3. The Hall–Kier alpha value is -1.71. The van der Waals surface area contributed by atoms with E-state index in [1.807, 2.05) is 37.8 Å². The van der Waals surface area contributed by atoms with Crippen LogP contribution < -0.4 is 15.4 Å². The quantitative estimate of drug-likeness (QED) is 0.307. The van der Waals surface area contributed by atoms with Gasteiger partial charge >= 0.3 is 6.09 Å². The number of hydrogen-bond acceptors (Lipinski definition) is 4. The van der Waals surface area contributed by atoms with Gasteiger partial charge < -0.3 is 25.0 Å². The average molecular weight is 546 g/mol. The van der Waals surface area contributed by atoms with Gasteiger partial charge in [0.1, 0.15) is 11.4 Å². The number of hydrogen-bond donors (Lipinski definition) is 2. The molecule has 1 saturated heterocycles. The van der Waals surface area contributed by atoms with E-state index in [2.05, 4.69) is 27.8 Å². The van der Waals surface area contributed by atoms with Gasteiger partial charge in [-0.2, -0.15) is 0 Å². The monoisotopic (exact) mass is 546 g/mol. The van der Waals surface area contributed by atoms with Gasteiger partial charge in [0.25, 0.3) is 0 Å². The number of halogens is 1. The maximum absolute atomic E-state index is 12.3. The van der Waals surface area contributed by atoms with Crippen molar-refractivity contribution in [3.63, 3.8) is 0 Å². The summed E-state index contributed by atoms with van der Waals surface area (Å²) < 4.78 is 10.7. The van der Waals surface area contributed by atoms with E-state index in [4.69, 9.17) is 9.47 Å². The van der Waals surface area contributed by atoms with Gasteiger partial charge in [0.2, 0.25) is 0 Å². The number of carbonyl (C=O) groups excluding carboxylic acids is 1. The van der Waals surface area contributed by atoms with Crippen LogP contribution in [0.15, 0.2) is 29.3 Å². The van der Waals surface area contributed by atoms with Crippen LogP contribution in [0.25, 0.3) is 0 Å². The van der Waals surface area contributed by atoms with E-state index in [0.717, 1.165) is 63.6 Å². The number of aliphatic imine (C=N–C) groups is 1. The summed E-state index contributed by atoms with van der Waals surface area (Å²) in [5, 5.41) is 6.75. The first kappa shape index (κ1) is 27.3. The van der Waals surface area contributed by atoms with Gasteiger partial charge in [-0.1, -0.05) is 12.1 Å². The highest BCUT2D eigenvalue weighted by molar-refractivity contribution is 14.0. The smallest absolute Gasteiger partial charge is 0.410 e. The van der Waals surface area contributed by atoms with Gasteiger partial charge in [-0.15, -0.1) is 24.0 Å². The number of nitrogens with zero attached hydrogens (tertiary/aromatic N) is 2. The Balaban J connectivity index is 0.00000480. The normalized spacial score (nSPS) is 16.9. The number of likely N-dealkylation sites (tertiary alicyclic amines) is 1. The Morgan fingerprint density at radius 1 is 1.19 bits per heavy atom. The maximum atomic E-state index is 12.3. The van der Waals surface area contributed by atoms with Crippen LogP contribution in [0.1, 0.15) is 45.6 Å². The largest absolute Gasteiger partial charge is 0.497 e. The lowest BCUT2D eigenvalue weighted by Gasteiger charge is -2.34. The molecule has 1 aromatic carbocycles. The Morgan fingerprint density at radius 3 is 2.48 bits per heavy atom. The molecule has 0 radical (unpaired) electrons. The van der Waals surface area contributed by atoms with Gasteiger partial charge in [0.15, 0.2) is 5.96 Å². The minimum Gasteiger partial charge on any atom is -0.497 e. The molecule has 1 fully saturated rings. The zero-order valence-electron chi connectivity index (χ0n) is 19.6. The van der Waals surface area contributed by atoms with Crippen molar-refractivity contribution in [3.8, 4) is 5.75 Å². The van der Waals surface area contributed by atoms with Crippen molar-refractivity contribution in [2.75, 3.05) is 40.3 Å². The minimum atomic E-state index is -0.449. The van der Waals surface area contributed by atoms with Crippen molar-refractivity contribution >= 4 is 36.0 Å². The molecule has 1 atom stereocenters. The summed E-state index contributed by atoms with van der Waals surface area (Å²) in [6.07, 6.45) is 3.89. The van der Waals surface area contributed by atoms with E-state index in [-0.39, 0.29) is 30.1 Å². The third-order valence-corrected chi connectivity index (χ3v) is 5.10. The molecule has 1 amide bonds. The van der Waals surface area contributed by atoms with Gasteiger partial charge in [-0.3, -0.25) is 4.99 Å². The van der Waals surface area contributed by atoms with Gasteiger partial charge in [0.05, 0.1) is 7.11 Å². The fourth-order valence-corrected chi connectivity index (χ4v) is 3.53. The summed E-state index contributed by atoms with van der Waals surface area (Å²) >= 11 is 0. The summed E-state index contributed by atoms with van der Waals surface area (Å²) in [5.74, 6) is 2.16. The average Bonchev–Trinajstić information content (AvgIpc) is 2.72. The van der Waals surface area contributed by atoms with Crippen LogP contribution in [0.3, 0.4) is 0 Å². The lowest BCUT2D eigenvalue weighted by molar-refractivity contribution is 0.0162. The van der Waals surface area contributed by atoms with Crippen molar-refractivity contribution in [3.05, 3.63) is 29.8 Å². The molecule has 0 aromatic heterocycles. The van der Waals surface area contributed by atoms with Gasteiger partial charge in [-0.05, 0) is 70.1 Å². The number of carbonyl (C=O) groups is 1. The van der Waals surface area contributed by atoms with Crippen LogP contribution in [0, 0.1) is 5.92 Å². The fourth-order valence-electron chi connectivity index (χ4n) is 3.53. The second-order valence-electron chi connectivity index (χ2n) is 8.75. The predicted molar refractivity (Wildman–Crippen MR) is 137 cm³/mol. The summed E-state index contributed by atoms with van der Waals surface area (Å²) in [7, 11) is 3.46. The molecule has 176 valence electrons. The highest BCUT2D eigenvalue weighted by Gasteiger charge is 2.27. The molecule has 1 aliphatic heterocycles. The van der Waals surface area contributed by atoms with E-state index >= 15 is 0 Å². The van der Waals surface area contributed by atoms with E-state index in [0.29, 0.717) is 5.92 Å². The Kier molecular flexibility index (Phi) is 12.0. The van der Waals surface area contributed by atoms with Crippen molar-refractivity contribution in [2.24, 2.45) is 10.9 Å². The van der Waals surface area contributed by atoms with E-state index in [9.17, 15) is 4.79 Å².